The van der Waals surface area contributed by atoms with Gasteiger partial charge in [0.15, 0.2) is 0 Å². The molecule has 1 saturated carbocycles. The van der Waals surface area contributed by atoms with E-state index in [0.29, 0.717) is 12.0 Å². The molecule has 0 aromatic heterocycles. The molecule has 1 heterocycles. The van der Waals surface area contributed by atoms with E-state index < -0.39 is 0 Å². The zero-order chi connectivity index (χ0) is 11.1. The first-order valence-corrected chi connectivity index (χ1v) is 6.33. The Morgan fingerprint density at radius 2 is 2.00 bits per heavy atom. The average molecular weight is 211 g/mol. The maximum atomic E-state index is 9.72. The molecule has 15 heavy (non-hydrogen) atoms. The van der Waals surface area contributed by atoms with Gasteiger partial charge < -0.3 is 5.11 Å². The van der Waals surface area contributed by atoms with Crippen molar-refractivity contribution < 1.29 is 5.11 Å². The fourth-order valence-corrected chi connectivity index (χ4v) is 3.49. The maximum absolute atomic E-state index is 9.72. The molecule has 1 N–H and O–H groups in total. The van der Waals surface area contributed by atoms with Crippen LogP contribution in [0.25, 0.3) is 0 Å². The number of hydrogen-bond donors (Lipinski definition) is 1. The number of rotatable bonds is 2. The van der Waals surface area contributed by atoms with E-state index in [4.69, 9.17) is 0 Å². The van der Waals surface area contributed by atoms with Crippen molar-refractivity contribution in [1.29, 1.82) is 0 Å². The molecule has 2 aliphatic rings. The average Bonchev–Trinajstić information content (AvgIpc) is 2.14. The molecule has 0 spiro atoms. The van der Waals surface area contributed by atoms with E-state index >= 15 is 0 Å². The summed E-state index contributed by atoms with van der Waals surface area (Å²) in [6.45, 7) is 9.66. The van der Waals surface area contributed by atoms with E-state index in [1.54, 1.807) is 0 Å². The maximum Gasteiger partial charge on any atom is 0.0615 e. The summed E-state index contributed by atoms with van der Waals surface area (Å²) in [4.78, 5) is 2.53. The summed E-state index contributed by atoms with van der Waals surface area (Å²) in [5, 5.41) is 9.72. The number of aliphatic hydroxyl groups is 1. The molecule has 1 saturated heterocycles. The Morgan fingerprint density at radius 3 is 2.47 bits per heavy atom. The van der Waals surface area contributed by atoms with Crippen LogP contribution >= 0.6 is 0 Å². The van der Waals surface area contributed by atoms with Crippen molar-refractivity contribution in [1.82, 2.24) is 4.90 Å². The SMILES string of the molecule is CC1CCCC(CO)(N2CC(C)(C)C2)C1. The van der Waals surface area contributed by atoms with Crippen molar-refractivity contribution in [3.05, 3.63) is 0 Å². The Balaban J connectivity index is 2.02. The summed E-state index contributed by atoms with van der Waals surface area (Å²) in [5.74, 6) is 0.787. The molecule has 2 unspecified atom stereocenters. The standard InChI is InChI=1S/C13H25NO/c1-11-5-4-6-13(7-11,10-15)14-8-12(2,3)9-14/h11,15H,4-10H2,1-3H3. The van der Waals surface area contributed by atoms with Crippen LogP contribution in [-0.2, 0) is 0 Å². The molecule has 2 heteroatoms. The second-order valence-electron chi connectivity index (χ2n) is 6.60. The quantitative estimate of drug-likeness (QED) is 0.757. The smallest absolute Gasteiger partial charge is 0.0615 e. The third-order valence-corrected chi connectivity index (χ3v) is 4.27. The minimum absolute atomic E-state index is 0.132. The molecule has 0 amide bonds. The molecule has 0 aromatic rings. The van der Waals surface area contributed by atoms with Crippen molar-refractivity contribution >= 4 is 0 Å². The van der Waals surface area contributed by atoms with Crippen molar-refractivity contribution in [2.24, 2.45) is 11.3 Å². The molecule has 1 aliphatic heterocycles. The summed E-state index contributed by atoms with van der Waals surface area (Å²) in [5.41, 5.74) is 0.607. The number of hydrogen-bond acceptors (Lipinski definition) is 2. The number of nitrogens with zero attached hydrogens (tertiary/aromatic N) is 1. The number of likely N-dealkylation sites (tertiary alicyclic amines) is 1. The Labute approximate surface area is 93.7 Å². The van der Waals surface area contributed by atoms with Gasteiger partial charge in [-0.15, -0.1) is 0 Å². The summed E-state index contributed by atoms with van der Waals surface area (Å²) in [6, 6.07) is 0. The molecule has 2 fully saturated rings. The minimum atomic E-state index is 0.132. The molecular formula is C13H25NO. The van der Waals surface area contributed by atoms with Gasteiger partial charge in [0, 0.05) is 18.6 Å². The van der Waals surface area contributed by atoms with Gasteiger partial charge in [0.05, 0.1) is 6.61 Å². The second kappa shape index (κ2) is 3.74. The van der Waals surface area contributed by atoms with Gasteiger partial charge in [0.2, 0.25) is 0 Å². The van der Waals surface area contributed by atoms with Gasteiger partial charge in [-0.2, -0.15) is 0 Å². The molecule has 2 atom stereocenters. The van der Waals surface area contributed by atoms with Crippen molar-refractivity contribution in [2.45, 2.75) is 52.0 Å². The van der Waals surface area contributed by atoms with Gasteiger partial charge in [0.25, 0.3) is 0 Å². The van der Waals surface area contributed by atoms with E-state index in [2.05, 4.69) is 25.7 Å². The highest BCUT2D eigenvalue weighted by molar-refractivity contribution is 5.02. The normalized spacial score (nSPS) is 41.2. The van der Waals surface area contributed by atoms with Crippen LogP contribution in [0.5, 0.6) is 0 Å². The summed E-state index contributed by atoms with van der Waals surface area (Å²) in [7, 11) is 0. The molecule has 0 radical (unpaired) electrons. The van der Waals surface area contributed by atoms with E-state index in [0.717, 1.165) is 5.92 Å². The van der Waals surface area contributed by atoms with Crippen LogP contribution in [0.15, 0.2) is 0 Å². The fourth-order valence-electron chi connectivity index (χ4n) is 3.49. The zero-order valence-corrected chi connectivity index (χ0v) is 10.4. The third-order valence-electron chi connectivity index (χ3n) is 4.27. The monoisotopic (exact) mass is 211 g/mol. The van der Waals surface area contributed by atoms with Gasteiger partial charge in [-0.05, 0) is 24.2 Å². The molecule has 0 aromatic carbocycles. The first-order chi connectivity index (χ1) is 6.97. The predicted molar refractivity (Wildman–Crippen MR) is 62.8 cm³/mol. The highest BCUT2D eigenvalue weighted by Crippen LogP contribution is 2.43. The van der Waals surface area contributed by atoms with Crippen molar-refractivity contribution in [2.75, 3.05) is 19.7 Å². The number of aliphatic hydroxyl groups excluding tert-OH is 1. The van der Waals surface area contributed by atoms with Crippen molar-refractivity contribution in [3.63, 3.8) is 0 Å². The Hall–Kier alpha value is -0.0800. The van der Waals surface area contributed by atoms with E-state index in [1.807, 2.05) is 0 Å². The van der Waals surface area contributed by atoms with Gasteiger partial charge in [-0.3, -0.25) is 4.90 Å². The molecule has 88 valence electrons. The summed E-state index contributed by atoms with van der Waals surface area (Å²) in [6.07, 6.45) is 5.03. The summed E-state index contributed by atoms with van der Waals surface area (Å²) >= 11 is 0. The van der Waals surface area contributed by atoms with Crippen LogP contribution < -0.4 is 0 Å². The first kappa shape index (κ1) is 11.4. The Bertz CT molecular complexity index is 231. The van der Waals surface area contributed by atoms with Crippen LogP contribution in [0.4, 0.5) is 0 Å². The fraction of sp³-hybridized carbons (Fsp3) is 1.00. The Kier molecular flexibility index (Phi) is 2.85. The van der Waals surface area contributed by atoms with E-state index in [-0.39, 0.29) is 5.54 Å². The van der Waals surface area contributed by atoms with Crippen LogP contribution in [0, 0.1) is 11.3 Å². The minimum Gasteiger partial charge on any atom is -0.394 e. The van der Waals surface area contributed by atoms with Crippen LogP contribution in [0.3, 0.4) is 0 Å². The molecule has 1 aliphatic carbocycles. The van der Waals surface area contributed by atoms with Gasteiger partial charge in [-0.1, -0.05) is 33.6 Å². The molecular weight excluding hydrogens is 186 g/mol. The first-order valence-electron chi connectivity index (χ1n) is 6.33. The second-order valence-corrected chi connectivity index (χ2v) is 6.60. The molecule has 2 nitrogen and oxygen atoms in total. The highest BCUT2D eigenvalue weighted by Gasteiger charge is 2.47. The molecule has 0 bridgehead atoms. The highest BCUT2D eigenvalue weighted by atomic mass is 16.3. The predicted octanol–water partition coefficient (Wildman–Crippen LogP) is 2.27. The summed E-state index contributed by atoms with van der Waals surface area (Å²) < 4.78 is 0. The lowest BCUT2D eigenvalue weighted by Crippen LogP contribution is -2.66. The van der Waals surface area contributed by atoms with Crippen LogP contribution in [0.2, 0.25) is 0 Å². The van der Waals surface area contributed by atoms with Crippen molar-refractivity contribution in [3.8, 4) is 0 Å². The zero-order valence-electron chi connectivity index (χ0n) is 10.4. The van der Waals surface area contributed by atoms with Gasteiger partial charge >= 0.3 is 0 Å². The third kappa shape index (κ3) is 2.07. The van der Waals surface area contributed by atoms with Gasteiger partial charge in [-0.25, -0.2) is 0 Å². The lowest BCUT2D eigenvalue weighted by Gasteiger charge is -2.58. The molecule has 2 rings (SSSR count). The lowest BCUT2D eigenvalue weighted by molar-refractivity contribution is -0.105. The Morgan fingerprint density at radius 1 is 1.33 bits per heavy atom. The van der Waals surface area contributed by atoms with E-state index in [1.165, 1.54) is 38.8 Å². The van der Waals surface area contributed by atoms with E-state index in [9.17, 15) is 5.11 Å². The van der Waals surface area contributed by atoms with Crippen LogP contribution in [0.1, 0.15) is 46.5 Å². The van der Waals surface area contributed by atoms with Crippen LogP contribution in [-0.4, -0.2) is 35.2 Å². The topological polar surface area (TPSA) is 23.5 Å². The largest absolute Gasteiger partial charge is 0.394 e. The lowest BCUT2D eigenvalue weighted by atomic mass is 9.71. The van der Waals surface area contributed by atoms with Gasteiger partial charge in [0.1, 0.15) is 0 Å².